The van der Waals surface area contributed by atoms with Gasteiger partial charge in [0.1, 0.15) is 5.76 Å². The van der Waals surface area contributed by atoms with E-state index < -0.39 is 6.04 Å². The van der Waals surface area contributed by atoms with Gasteiger partial charge >= 0.3 is 0 Å². The minimum Gasteiger partial charge on any atom is -0.468 e. The van der Waals surface area contributed by atoms with E-state index in [1.807, 2.05) is 45.0 Å². The summed E-state index contributed by atoms with van der Waals surface area (Å²) in [6.07, 6.45) is 2.53. The Balaban J connectivity index is 2.56. The van der Waals surface area contributed by atoms with Crippen molar-refractivity contribution in [3.05, 3.63) is 24.2 Å². The van der Waals surface area contributed by atoms with Gasteiger partial charge in [0, 0.05) is 6.54 Å². The molecule has 0 bridgehead atoms. The van der Waals surface area contributed by atoms with Crippen LogP contribution < -0.4 is 11.1 Å². The number of carbonyl (C=O) groups excluding carboxylic acids is 1. The molecule has 0 aliphatic carbocycles. The maximum absolute atomic E-state index is 12.0. The lowest BCUT2D eigenvalue weighted by Gasteiger charge is -2.24. The molecule has 1 aromatic rings. The Bertz CT molecular complexity index is 376. The van der Waals surface area contributed by atoms with E-state index in [2.05, 4.69) is 5.32 Å². The molecule has 0 fully saturated rings. The number of hydrogen-bond acceptors (Lipinski definition) is 4. The molecule has 108 valence electrons. The minimum absolute atomic E-state index is 0.0167. The number of nitrogens with zero attached hydrogens (tertiary/aromatic N) is 1. The number of nitrogens with two attached hydrogens (primary N) is 1. The van der Waals surface area contributed by atoms with E-state index in [4.69, 9.17) is 10.2 Å². The van der Waals surface area contributed by atoms with Crippen LogP contribution in [-0.2, 0) is 4.79 Å². The molecule has 0 saturated heterocycles. The average Bonchev–Trinajstić information content (AvgIpc) is 2.90. The topological polar surface area (TPSA) is 71.5 Å². The molecule has 0 saturated carbocycles. The van der Waals surface area contributed by atoms with Crippen molar-refractivity contribution >= 4 is 5.91 Å². The highest BCUT2D eigenvalue weighted by Gasteiger charge is 2.22. The second-order valence-electron chi connectivity index (χ2n) is 5.15. The van der Waals surface area contributed by atoms with E-state index in [0.29, 0.717) is 6.54 Å². The lowest BCUT2D eigenvalue weighted by atomic mass is 9.99. The van der Waals surface area contributed by atoms with E-state index in [-0.39, 0.29) is 17.9 Å². The molecule has 3 N–H and O–H groups in total. The highest BCUT2D eigenvalue weighted by molar-refractivity contribution is 5.81. The van der Waals surface area contributed by atoms with Crippen LogP contribution in [0.3, 0.4) is 0 Å². The maximum Gasteiger partial charge on any atom is 0.237 e. The lowest BCUT2D eigenvalue weighted by molar-refractivity contribution is -0.123. The Morgan fingerprint density at radius 1 is 1.53 bits per heavy atom. The number of likely N-dealkylation sites (N-methyl/N-ethyl adjacent to an activating group) is 1. The zero-order valence-electron chi connectivity index (χ0n) is 12.2. The average molecular weight is 267 g/mol. The second-order valence-corrected chi connectivity index (χ2v) is 5.15. The van der Waals surface area contributed by atoms with Gasteiger partial charge in [-0.1, -0.05) is 20.3 Å². The molecule has 1 amide bonds. The molecule has 19 heavy (non-hydrogen) atoms. The van der Waals surface area contributed by atoms with Gasteiger partial charge in [-0.25, -0.2) is 0 Å². The third-order valence-corrected chi connectivity index (χ3v) is 3.52. The van der Waals surface area contributed by atoms with Gasteiger partial charge in [0.05, 0.1) is 18.3 Å². The summed E-state index contributed by atoms with van der Waals surface area (Å²) in [6.45, 7) is 4.51. The van der Waals surface area contributed by atoms with Crippen LogP contribution in [0.25, 0.3) is 0 Å². The third kappa shape index (κ3) is 4.36. The summed E-state index contributed by atoms with van der Waals surface area (Å²) >= 11 is 0. The fourth-order valence-electron chi connectivity index (χ4n) is 1.85. The monoisotopic (exact) mass is 267 g/mol. The highest BCUT2D eigenvalue weighted by Crippen LogP contribution is 2.17. The normalized spacial score (nSPS) is 16.1. The summed E-state index contributed by atoms with van der Waals surface area (Å²) in [6, 6.07) is 3.32. The summed E-state index contributed by atoms with van der Waals surface area (Å²) in [4.78, 5) is 14.0. The first-order valence-electron chi connectivity index (χ1n) is 6.70. The summed E-state index contributed by atoms with van der Waals surface area (Å²) in [7, 11) is 3.90. The number of nitrogens with one attached hydrogen (secondary N) is 1. The molecular formula is C14H25N3O2. The summed E-state index contributed by atoms with van der Waals surface area (Å²) in [5.41, 5.74) is 5.90. The number of carbonyl (C=O) groups is 1. The molecule has 0 aliphatic heterocycles. The van der Waals surface area contributed by atoms with E-state index in [1.54, 1.807) is 6.26 Å². The van der Waals surface area contributed by atoms with E-state index >= 15 is 0 Å². The van der Waals surface area contributed by atoms with E-state index in [0.717, 1.165) is 12.2 Å². The smallest absolute Gasteiger partial charge is 0.237 e. The van der Waals surface area contributed by atoms with Crippen LogP contribution in [0, 0.1) is 5.92 Å². The Morgan fingerprint density at radius 2 is 2.21 bits per heavy atom. The second kappa shape index (κ2) is 7.31. The van der Waals surface area contributed by atoms with Gasteiger partial charge in [-0.15, -0.1) is 0 Å². The van der Waals surface area contributed by atoms with Crippen molar-refractivity contribution in [3.8, 4) is 0 Å². The molecule has 1 unspecified atom stereocenters. The van der Waals surface area contributed by atoms with Crippen molar-refractivity contribution in [2.24, 2.45) is 11.7 Å². The predicted molar refractivity (Wildman–Crippen MR) is 75.6 cm³/mol. The van der Waals surface area contributed by atoms with Crippen molar-refractivity contribution < 1.29 is 9.21 Å². The molecule has 0 spiro atoms. The summed E-state index contributed by atoms with van der Waals surface area (Å²) < 4.78 is 5.39. The van der Waals surface area contributed by atoms with Gasteiger partial charge < -0.3 is 15.5 Å². The molecule has 0 radical (unpaired) electrons. The predicted octanol–water partition coefficient (Wildman–Crippen LogP) is 1.37. The largest absolute Gasteiger partial charge is 0.468 e. The first-order valence-corrected chi connectivity index (χ1v) is 6.70. The number of rotatable bonds is 7. The summed E-state index contributed by atoms with van der Waals surface area (Å²) in [5.74, 6) is 0.914. The van der Waals surface area contributed by atoms with Crippen LogP contribution in [-0.4, -0.2) is 37.5 Å². The Labute approximate surface area is 115 Å². The molecular weight excluding hydrogens is 242 g/mol. The van der Waals surface area contributed by atoms with Crippen molar-refractivity contribution in [2.45, 2.75) is 32.4 Å². The molecule has 5 heteroatoms. The number of furan rings is 1. The minimum atomic E-state index is -0.454. The van der Waals surface area contributed by atoms with Crippen molar-refractivity contribution in [3.63, 3.8) is 0 Å². The van der Waals surface area contributed by atoms with Crippen molar-refractivity contribution in [1.29, 1.82) is 0 Å². The van der Waals surface area contributed by atoms with Crippen LogP contribution in [0.1, 0.15) is 32.1 Å². The van der Waals surface area contributed by atoms with Crippen LogP contribution in [0.15, 0.2) is 22.8 Å². The highest BCUT2D eigenvalue weighted by atomic mass is 16.3. The van der Waals surface area contributed by atoms with Crippen molar-refractivity contribution in [1.82, 2.24) is 10.2 Å². The number of amides is 1. The first kappa shape index (κ1) is 15.7. The molecule has 1 rings (SSSR count). The van der Waals surface area contributed by atoms with Crippen LogP contribution >= 0.6 is 0 Å². The fraction of sp³-hybridized carbons (Fsp3) is 0.643. The van der Waals surface area contributed by atoms with Crippen LogP contribution in [0.5, 0.6) is 0 Å². The molecule has 0 aromatic carbocycles. The molecule has 1 heterocycles. The third-order valence-electron chi connectivity index (χ3n) is 3.52. The van der Waals surface area contributed by atoms with Gasteiger partial charge in [-0.05, 0) is 32.1 Å². The molecule has 1 aromatic heterocycles. The fourth-order valence-corrected chi connectivity index (χ4v) is 1.85. The maximum atomic E-state index is 12.0. The van der Waals surface area contributed by atoms with Gasteiger partial charge in [-0.3, -0.25) is 9.69 Å². The molecule has 3 atom stereocenters. The number of hydrogen-bond donors (Lipinski definition) is 2. The molecule has 0 aliphatic rings. The zero-order chi connectivity index (χ0) is 14.4. The van der Waals surface area contributed by atoms with Crippen LogP contribution in [0.2, 0.25) is 0 Å². The quantitative estimate of drug-likeness (QED) is 0.782. The first-order chi connectivity index (χ1) is 8.97. The zero-order valence-corrected chi connectivity index (χ0v) is 12.2. The SMILES string of the molecule is CC[C@H](C)[C@H](N)C(=O)NCC(c1ccco1)N(C)C. The van der Waals surface area contributed by atoms with Crippen LogP contribution in [0.4, 0.5) is 0 Å². The Hall–Kier alpha value is -1.33. The standard InChI is InChI=1S/C14H25N3O2/c1-5-10(2)13(15)14(18)16-9-11(17(3)4)12-7-6-8-19-12/h6-8,10-11,13H,5,9,15H2,1-4H3,(H,16,18)/t10-,11?,13-/m0/s1. The van der Waals surface area contributed by atoms with Crippen molar-refractivity contribution in [2.75, 3.05) is 20.6 Å². The Morgan fingerprint density at radius 3 is 2.68 bits per heavy atom. The molecule has 5 nitrogen and oxygen atoms in total. The van der Waals surface area contributed by atoms with Gasteiger partial charge in [0.15, 0.2) is 0 Å². The van der Waals surface area contributed by atoms with Gasteiger partial charge in [-0.2, -0.15) is 0 Å². The van der Waals surface area contributed by atoms with Gasteiger partial charge in [0.2, 0.25) is 5.91 Å². The van der Waals surface area contributed by atoms with Gasteiger partial charge in [0.25, 0.3) is 0 Å². The van der Waals surface area contributed by atoms with E-state index in [9.17, 15) is 4.79 Å². The summed E-state index contributed by atoms with van der Waals surface area (Å²) in [5, 5.41) is 2.90. The Kier molecular flexibility index (Phi) is 6.05. The lowest BCUT2D eigenvalue weighted by Crippen LogP contribution is -2.46. The van der Waals surface area contributed by atoms with E-state index in [1.165, 1.54) is 0 Å².